The minimum Gasteiger partial charge on any atom is -0.365 e. The molecule has 0 saturated carbocycles. The molecule has 4 nitrogen and oxygen atoms in total. The first-order valence-corrected chi connectivity index (χ1v) is 6.45. The molecule has 2 heterocycles. The van der Waals surface area contributed by atoms with Crippen molar-refractivity contribution in [3.8, 4) is 11.4 Å². The van der Waals surface area contributed by atoms with Crippen LogP contribution in [0.1, 0.15) is 5.56 Å². The lowest BCUT2D eigenvalue weighted by molar-refractivity contribution is 1.000. The molecule has 3 rings (SSSR count). The van der Waals surface area contributed by atoms with Gasteiger partial charge < -0.3 is 5.32 Å². The van der Waals surface area contributed by atoms with Gasteiger partial charge in [-0.25, -0.2) is 0 Å². The van der Waals surface area contributed by atoms with Crippen molar-refractivity contribution in [2.45, 2.75) is 6.54 Å². The molecular formula is C16H14N4. The quantitative estimate of drug-likeness (QED) is 0.784. The third kappa shape index (κ3) is 2.98. The van der Waals surface area contributed by atoms with Gasteiger partial charge in [-0.05, 0) is 29.8 Å². The smallest absolute Gasteiger partial charge is 0.148 e. The van der Waals surface area contributed by atoms with Gasteiger partial charge in [-0.1, -0.05) is 36.4 Å². The molecule has 0 aliphatic carbocycles. The van der Waals surface area contributed by atoms with Crippen LogP contribution in [0.15, 0.2) is 66.9 Å². The molecule has 4 heteroatoms. The molecule has 0 amide bonds. The zero-order valence-electron chi connectivity index (χ0n) is 10.9. The monoisotopic (exact) mass is 262 g/mol. The van der Waals surface area contributed by atoms with Gasteiger partial charge in [-0.3, -0.25) is 4.98 Å². The molecule has 20 heavy (non-hydrogen) atoms. The molecule has 2 aromatic heterocycles. The Morgan fingerprint density at radius 2 is 1.60 bits per heavy atom. The highest BCUT2D eigenvalue weighted by atomic mass is 15.2. The van der Waals surface area contributed by atoms with E-state index in [9.17, 15) is 0 Å². The summed E-state index contributed by atoms with van der Waals surface area (Å²) in [6, 6.07) is 19.8. The Hall–Kier alpha value is -2.75. The molecule has 0 aliphatic rings. The van der Waals surface area contributed by atoms with Crippen molar-refractivity contribution >= 4 is 5.82 Å². The van der Waals surface area contributed by atoms with E-state index in [2.05, 4.69) is 32.6 Å². The molecule has 0 spiro atoms. The summed E-state index contributed by atoms with van der Waals surface area (Å²) in [7, 11) is 0. The maximum Gasteiger partial charge on any atom is 0.148 e. The highest BCUT2D eigenvalue weighted by Crippen LogP contribution is 2.14. The van der Waals surface area contributed by atoms with E-state index >= 15 is 0 Å². The van der Waals surface area contributed by atoms with Crippen LogP contribution in [0.25, 0.3) is 11.4 Å². The predicted molar refractivity (Wildman–Crippen MR) is 79.0 cm³/mol. The number of nitrogens with zero attached hydrogens (tertiary/aromatic N) is 3. The summed E-state index contributed by atoms with van der Waals surface area (Å²) in [4.78, 5) is 4.25. The first kappa shape index (κ1) is 12.3. The lowest BCUT2D eigenvalue weighted by Gasteiger charge is -2.05. The number of anilines is 1. The Morgan fingerprint density at radius 3 is 2.30 bits per heavy atom. The average molecular weight is 262 g/mol. The maximum atomic E-state index is 4.25. The second kappa shape index (κ2) is 5.93. The Bertz CT molecular complexity index is 651. The second-order valence-corrected chi connectivity index (χ2v) is 4.36. The van der Waals surface area contributed by atoms with Gasteiger partial charge in [0.05, 0.1) is 5.69 Å². The van der Waals surface area contributed by atoms with E-state index in [1.54, 1.807) is 6.20 Å². The van der Waals surface area contributed by atoms with Gasteiger partial charge in [0.1, 0.15) is 11.5 Å². The molecule has 0 fully saturated rings. The van der Waals surface area contributed by atoms with E-state index in [0.717, 1.165) is 23.8 Å². The summed E-state index contributed by atoms with van der Waals surface area (Å²) in [5.74, 6) is 0.758. The molecule has 0 saturated heterocycles. The minimum absolute atomic E-state index is 0.735. The van der Waals surface area contributed by atoms with Crippen molar-refractivity contribution in [3.63, 3.8) is 0 Å². The minimum atomic E-state index is 0.735. The highest BCUT2D eigenvalue weighted by molar-refractivity contribution is 5.54. The molecule has 0 radical (unpaired) electrons. The standard InChI is InChI=1S/C16H14N4/c1-2-6-13(7-3-1)12-18-16-10-9-15(19-20-16)14-8-4-5-11-17-14/h1-11H,12H2,(H,18,20). The zero-order valence-corrected chi connectivity index (χ0v) is 10.9. The lowest BCUT2D eigenvalue weighted by Crippen LogP contribution is -2.02. The SMILES string of the molecule is c1ccc(CNc2ccc(-c3ccccn3)nn2)cc1. The van der Waals surface area contributed by atoms with Gasteiger partial charge in [0.25, 0.3) is 0 Å². The lowest BCUT2D eigenvalue weighted by atomic mass is 10.2. The summed E-state index contributed by atoms with van der Waals surface area (Å²) in [6.07, 6.45) is 1.75. The Kier molecular flexibility index (Phi) is 3.64. The van der Waals surface area contributed by atoms with E-state index in [4.69, 9.17) is 0 Å². The maximum absolute atomic E-state index is 4.25. The number of pyridine rings is 1. The average Bonchev–Trinajstić information content (AvgIpc) is 2.55. The predicted octanol–water partition coefficient (Wildman–Crippen LogP) is 3.15. The number of aromatic nitrogens is 3. The van der Waals surface area contributed by atoms with Gasteiger partial charge in [-0.15, -0.1) is 10.2 Å². The topological polar surface area (TPSA) is 50.7 Å². The van der Waals surface area contributed by atoms with E-state index < -0.39 is 0 Å². The number of hydrogen-bond donors (Lipinski definition) is 1. The van der Waals surface area contributed by atoms with Gasteiger partial charge in [0.2, 0.25) is 0 Å². The first-order chi connectivity index (χ1) is 9.92. The summed E-state index contributed by atoms with van der Waals surface area (Å²) in [5.41, 5.74) is 2.81. The number of benzene rings is 1. The highest BCUT2D eigenvalue weighted by Gasteiger charge is 2.01. The van der Waals surface area contributed by atoms with E-state index in [1.165, 1.54) is 5.56 Å². The number of hydrogen-bond acceptors (Lipinski definition) is 4. The van der Waals surface area contributed by atoms with Crippen molar-refractivity contribution in [3.05, 3.63) is 72.4 Å². The number of nitrogens with one attached hydrogen (secondary N) is 1. The Morgan fingerprint density at radius 1 is 0.750 bits per heavy atom. The fourth-order valence-corrected chi connectivity index (χ4v) is 1.87. The van der Waals surface area contributed by atoms with E-state index in [0.29, 0.717) is 0 Å². The van der Waals surface area contributed by atoms with Gasteiger partial charge in [-0.2, -0.15) is 0 Å². The fraction of sp³-hybridized carbons (Fsp3) is 0.0625. The van der Waals surface area contributed by atoms with Crippen LogP contribution >= 0.6 is 0 Å². The van der Waals surface area contributed by atoms with Crippen molar-refractivity contribution in [2.24, 2.45) is 0 Å². The third-order valence-corrected chi connectivity index (χ3v) is 2.91. The number of rotatable bonds is 4. The van der Waals surface area contributed by atoms with Crippen LogP contribution in [0.5, 0.6) is 0 Å². The Balaban J connectivity index is 1.68. The van der Waals surface area contributed by atoms with Crippen molar-refractivity contribution < 1.29 is 0 Å². The third-order valence-electron chi connectivity index (χ3n) is 2.91. The summed E-state index contributed by atoms with van der Waals surface area (Å²) < 4.78 is 0. The normalized spacial score (nSPS) is 10.2. The molecule has 0 unspecified atom stereocenters. The van der Waals surface area contributed by atoms with Crippen molar-refractivity contribution in [2.75, 3.05) is 5.32 Å². The summed E-state index contributed by atoms with van der Waals surface area (Å²) >= 11 is 0. The van der Waals surface area contributed by atoms with Crippen LogP contribution in [-0.2, 0) is 6.54 Å². The first-order valence-electron chi connectivity index (χ1n) is 6.45. The van der Waals surface area contributed by atoms with Crippen LogP contribution in [0.3, 0.4) is 0 Å². The molecule has 1 aromatic carbocycles. The zero-order chi connectivity index (χ0) is 13.6. The molecule has 0 aliphatic heterocycles. The molecule has 3 aromatic rings. The van der Waals surface area contributed by atoms with Crippen LogP contribution < -0.4 is 5.32 Å². The Labute approximate surface area is 117 Å². The van der Waals surface area contributed by atoms with Crippen LogP contribution in [0.4, 0.5) is 5.82 Å². The molecule has 0 atom stereocenters. The van der Waals surface area contributed by atoms with Crippen molar-refractivity contribution in [1.29, 1.82) is 0 Å². The molecule has 98 valence electrons. The van der Waals surface area contributed by atoms with Gasteiger partial charge in [0.15, 0.2) is 0 Å². The van der Waals surface area contributed by atoms with E-state index in [1.807, 2.05) is 48.5 Å². The largest absolute Gasteiger partial charge is 0.365 e. The molecular weight excluding hydrogens is 248 g/mol. The van der Waals surface area contributed by atoms with Crippen LogP contribution in [0.2, 0.25) is 0 Å². The summed E-state index contributed by atoms with van der Waals surface area (Å²) in [5, 5.41) is 11.6. The van der Waals surface area contributed by atoms with Crippen LogP contribution in [-0.4, -0.2) is 15.2 Å². The van der Waals surface area contributed by atoms with Gasteiger partial charge in [0, 0.05) is 12.7 Å². The fourth-order valence-electron chi connectivity index (χ4n) is 1.87. The molecule has 0 bridgehead atoms. The second-order valence-electron chi connectivity index (χ2n) is 4.36. The molecule has 1 N–H and O–H groups in total. The van der Waals surface area contributed by atoms with Crippen molar-refractivity contribution in [1.82, 2.24) is 15.2 Å². The summed E-state index contributed by atoms with van der Waals surface area (Å²) in [6.45, 7) is 0.735. The van der Waals surface area contributed by atoms with Crippen LogP contribution in [0, 0.1) is 0 Å². The van der Waals surface area contributed by atoms with E-state index in [-0.39, 0.29) is 0 Å². The van der Waals surface area contributed by atoms with Gasteiger partial charge >= 0.3 is 0 Å².